The van der Waals surface area contributed by atoms with Gasteiger partial charge in [0.1, 0.15) is 17.0 Å². The lowest BCUT2D eigenvalue weighted by atomic mass is 9.99. The molecule has 5 heteroatoms. The summed E-state index contributed by atoms with van der Waals surface area (Å²) in [7, 11) is 0. The van der Waals surface area contributed by atoms with Crippen molar-refractivity contribution in [3.05, 3.63) is 200 Å². The van der Waals surface area contributed by atoms with Crippen molar-refractivity contribution in [2.24, 2.45) is 5.73 Å². The topological polar surface area (TPSA) is 101 Å². The molecule has 7 rings (SSSR count). The first kappa shape index (κ1) is 35.7. The number of allylic oxidation sites excluding steroid dienone is 3. The normalized spacial score (nSPS) is 11.2. The van der Waals surface area contributed by atoms with E-state index in [1.54, 1.807) is 12.2 Å². The summed E-state index contributed by atoms with van der Waals surface area (Å²) < 4.78 is 6.45. The molecule has 0 atom stereocenters. The number of nitrogen functional groups attached to an aromatic ring is 1. The van der Waals surface area contributed by atoms with Gasteiger partial charge in [0.25, 0.3) is 0 Å². The summed E-state index contributed by atoms with van der Waals surface area (Å²) in [5, 5.41) is 12.6. The van der Waals surface area contributed by atoms with Crippen LogP contribution in [0.1, 0.15) is 16.7 Å². The third-order valence-corrected chi connectivity index (χ3v) is 8.82. The molecular formula is C48H42N4O. The minimum Gasteiger partial charge on any atom is -0.455 e. The van der Waals surface area contributed by atoms with Crippen LogP contribution in [0.2, 0.25) is 0 Å². The summed E-state index contributed by atoms with van der Waals surface area (Å²) in [6.45, 7) is 10.8. The monoisotopic (exact) mass is 690 g/mol. The summed E-state index contributed by atoms with van der Waals surface area (Å²) in [5.74, 6) is 0.0184. The Morgan fingerprint density at radius 2 is 1.49 bits per heavy atom. The van der Waals surface area contributed by atoms with Crippen molar-refractivity contribution in [1.82, 2.24) is 0 Å². The highest BCUT2D eigenvalue weighted by atomic mass is 16.3. The molecule has 7 aromatic rings. The number of para-hydroxylation sites is 1. The van der Waals surface area contributed by atoms with E-state index in [1.165, 1.54) is 28.3 Å². The number of hydrogen-bond donors (Lipinski definition) is 4. The van der Waals surface area contributed by atoms with Crippen molar-refractivity contribution in [2.75, 3.05) is 11.1 Å². The zero-order valence-electron chi connectivity index (χ0n) is 29.6. The average molecular weight is 691 g/mol. The van der Waals surface area contributed by atoms with E-state index >= 15 is 0 Å². The number of anilines is 3. The van der Waals surface area contributed by atoms with Gasteiger partial charge in [0, 0.05) is 39.0 Å². The van der Waals surface area contributed by atoms with Gasteiger partial charge in [-0.2, -0.15) is 0 Å². The lowest BCUT2D eigenvalue weighted by Gasteiger charge is -2.10. The van der Waals surface area contributed by atoms with E-state index in [0.29, 0.717) is 11.3 Å². The molecule has 0 saturated carbocycles. The van der Waals surface area contributed by atoms with Crippen molar-refractivity contribution >= 4 is 57.0 Å². The van der Waals surface area contributed by atoms with E-state index in [2.05, 4.69) is 134 Å². The number of nitrogens with two attached hydrogens (primary N) is 2. The Bertz CT molecular complexity index is 2480. The molecule has 0 aliphatic heterocycles. The van der Waals surface area contributed by atoms with Crippen LogP contribution in [-0.4, -0.2) is 5.84 Å². The third-order valence-electron chi connectivity index (χ3n) is 8.82. The van der Waals surface area contributed by atoms with Gasteiger partial charge in [0.05, 0.1) is 0 Å². The van der Waals surface area contributed by atoms with Gasteiger partial charge < -0.3 is 21.2 Å². The second kappa shape index (κ2) is 16.7. The van der Waals surface area contributed by atoms with Gasteiger partial charge in [-0.15, -0.1) is 0 Å². The standard InChI is InChI=1S/C41H32N2O.C7H10N2/c1-2-30-26-34(42)21-23-39(30)43-35-22-24-40-38(27-35)37-16-8-15-36(41(37)44-40)33-14-7-11-29(25-33)10-6-9-28-17-19-32(20-18-28)31-12-4-3-5-13-31;1-3-5-6(4-2)7(8)9/h2-9,11-27,43H,1,10,42H2;3-5H,1-2H2,(H3,8,9)/b9-6+;6-5+. The molecule has 6 aromatic carbocycles. The Balaban J connectivity index is 0.000000475. The number of rotatable bonds is 11. The first-order valence-corrected chi connectivity index (χ1v) is 17.3. The van der Waals surface area contributed by atoms with Gasteiger partial charge in [-0.05, 0) is 76.2 Å². The smallest absolute Gasteiger partial charge is 0.143 e. The van der Waals surface area contributed by atoms with Crippen molar-refractivity contribution in [2.45, 2.75) is 6.42 Å². The molecule has 1 heterocycles. The summed E-state index contributed by atoms with van der Waals surface area (Å²) in [5.41, 5.74) is 24.2. The fourth-order valence-electron chi connectivity index (χ4n) is 6.13. The third kappa shape index (κ3) is 8.62. The second-order valence-corrected chi connectivity index (χ2v) is 12.4. The molecule has 0 aliphatic rings. The van der Waals surface area contributed by atoms with Crippen LogP contribution in [0.25, 0.3) is 56.3 Å². The molecule has 0 aliphatic carbocycles. The SMILES string of the molecule is C=C/C=C(\C=C)C(=N)N.C=Cc1cc(N)ccc1Nc1ccc2oc3c(-c4cccc(C/C=C/c5ccc(-c6ccccc6)cc5)c4)cccc3c2c1. The van der Waals surface area contributed by atoms with Gasteiger partial charge in [-0.1, -0.05) is 153 Å². The molecule has 0 fully saturated rings. The van der Waals surface area contributed by atoms with Crippen LogP contribution >= 0.6 is 0 Å². The average Bonchev–Trinajstić information content (AvgIpc) is 3.57. The number of furan rings is 1. The summed E-state index contributed by atoms with van der Waals surface area (Å²) in [6, 6.07) is 46.3. The summed E-state index contributed by atoms with van der Waals surface area (Å²) >= 11 is 0. The molecule has 0 amide bonds. The van der Waals surface area contributed by atoms with Crippen LogP contribution in [0, 0.1) is 5.41 Å². The Morgan fingerprint density at radius 1 is 0.736 bits per heavy atom. The predicted molar refractivity (Wildman–Crippen MR) is 228 cm³/mol. The maximum Gasteiger partial charge on any atom is 0.143 e. The van der Waals surface area contributed by atoms with Crippen LogP contribution in [0.4, 0.5) is 17.1 Å². The van der Waals surface area contributed by atoms with Gasteiger partial charge in [-0.3, -0.25) is 5.41 Å². The van der Waals surface area contributed by atoms with Crippen molar-refractivity contribution < 1.29 is 4.42 Å². The first-order chi connectivity index (χ1) is 25.9. The lowest BCUT2D eigenvalue weighted by molar-refractivity contribution is 0.670. The van der Waals surface area contributed by atoms with Crippen molar-refractivity contribution in [1.29, 1.82) is 5.41 Å². The number of nitrogens with one attached hydrogen (secondary N) is 2. The fourth-order valence-corrected chi connectivity index (χ4v) is 6.13. The maximum atomic E-state index is 6.95. The quantitative estimate of drug-likeness (QED) is 0.0470. The van der Waals surface area contributed by atoms with E-state index < -0.39 is 0 Å². The van der Waals surface area contributed by atoms with E-state index in [-0.39, 0.29) is 5.84 Å². The summed E-state index contributed by atoms with van der Waals surface area (Å²) in [4.78, 5) is 0. The van der Waals surface area contributed by atoms with Crippen LogP contribution in [-0.2, 0) is 6.42 Å². The largest absolute Gasteiger partial charge is 0.455 e. The molecule has 0 bridgehead atoms. The van der Waals surface area contributed by atoms with Gasteiger partial charge in [-0.25, -0.2) is 0 Å². The highest BCUT2D eigenvalue weighted by Crippen LogP contribution is 2.38. The van der Waals surface area contributed by atoms with E-state index in [9.17, 15) is 0 Å². The van der Waals surface area contributed by atoms with Crippen LogP contribution in [0.3, 0.4) is 0 Å². The Kier molecular flexibility index (Phi) is 11.3. The highest BCUT2D eigenvalue weighted by Gasteiger charge is 2.13. The molecule has 6 N–H and O–H groups in total. The Hall–Kier alpha value is -7.11. The first-order valence-electron chi connectivity index (χ1n) is 17.3. The van der Waals surface area contributed by atoms with Gasteiger partial charge >= 0.3 is 0 Å². The van der Waals surface area contributed by atoms with Crippen LogP contribution in [0.5, 0.6) is 0 Å². The number of hydrogen-bond acceptors (Lipinski definition) is 4. The maximum absolute atomic E-state index is 6.95. The molecule has 0 saturated heterocycles. The predicted octanol–water partition coefficient (Wildman–Crippen LogP) is 12.4. The van der Waals surface area contributed by atoms with Crippen molar-refractivity contribution in [3.8, 4) is 22.3 Å². The van der Waals surface area contributed by atoms with E-state index in [0.717, 1.165) is 56.4 Å². The van der Waals surface area contributed by atoms with Crippen LogP contribution in [0.15, 0.2) is 187 Å². The molecule has 260 valence electrons. The molecule has 53 heavy (non-hydrogen) atoms. The molecule has 5 nitrogen and oxygen atoms in total. The minimum atomic E-state index is 0.0184. The fraction of sp³-hybridized carbons (Fsp3) is 0.0208. The molecular weight excluding hydrogens is 649 g/mol. The van der Waals surface area contributed by atoms with Gasteiger partial charge in [0.15, 0.2) is 0 Å². The zero-order chi connectivity index (χ0) is 37.2. The summed E-state index contributed by atoms with van der Waals surface area (Å²) in [6.07, 6.45) is 11.8. The Morgan fingerprint density at radius 3 is 2.21 bits per heavy atom. The number of fused-ring (bicyclic) bond motifs is 3. The van der Waals surface area contributed by atoms with E-state index in [1.807, 2.05) is 42.5 Å². The highest BCUT2D eigenvalue weighted by molar-refractivity contribution is 6.10. The van der Waals surface area contributed by atoms with Gasteiger partial charge in [0.2, 0.25) is 0 Å². The zero-order valence-corrected chi connectivity index (χ0v) is 29.6. The second-order valence-electron chi connectivity index (χ2n) is 12.4. The lowest BCUT2D eigenvalue weighted by Crippen LogP contribution is -2.10. The van der Waals surface area contributed by atoms with Crippen LogP contribution < -0.4 is 16.8 Å². The number of amidine groups is 1. The molecule has 0 radical (unpaired) electrons. The molecule has 1 aromatic heterocycles. The molecule has 0 unspecified atom stereocenters. The van der Waals surface area contributed by atoms with E-state index in [4.69, 9.17) is 21.3 Å². The van der Waals surface area contributed by atoms with Crippen molar-refractivity contribution in [3.63, 3.8) is 0 Å². The molecule has 0 spiro atoms. The number of benzene rings is 6. The Labute approximate surface area is 311 Å². The minimum absolute atomic E-state index is 0.0184.